The van der Waals surface area contributed by atoms with E-state index in [0.29, 0.717) is 11.5 Å². The normalized spacial score (nSPS) is 11.5. The SMILES string of the molecule is CCc1cccc(OC(C)C(=O)Nc2cc([N+](=O)[O-])ccc2OC)c1. The van der Waals surface area contributed by atoms with Crippen molar-refractivity contribution in [2.45, 2.75) is 26.4 Å². The summed E-state index contributed by atoms with van der Waals surface area (Å²) in [6, 6.07) is 11.5. The van der Waals surface area contributed by atoms with Crippen molar-refractivity contribution in [1.29, 1.82) is 0 Å². The van der Waals surface area contributed by atoms with E-state index in [-0.39, 0.29) is 11.4 Å². The van der Waals surface area contributed by atoms with E-state index >= 15 is 0 Å². The highest BCUT2D eigenvalue weighted by Crippen LogP contribution is 2.29. The zero-order chi connectivity index (χ0) is 18.4. The number of nitro groups is 1. The highest BCUT2D eigenvalue weighted by Gasteiger charge is 2.19. The summed E-state index contributed by atoms with van der Waals surface area (Å²) in [5.41, 5.74) is 1.19. The van der Waals surface area contributed by atoms with Crippen LogP contribution < -0.4 is 14.8 Å². The number of ether oxygens (including phenoxy) is 2. The number of rotatable bonds is 7. The molecular weight excluding hydrogens is 324 g/mol. The second-order valence-electron chi connectivity index (χ2n) is 5.39. The van der Waals surface area contributed by atoms with Crippen molar-refractivity contribution in [3.8, 4) is 11.5 Å². The van der Waals surface area contributed by atoms with Crippen LogP contribution in [0.1, 0.15) is 19.4 Å². The van der Waals surface area contributed by atoms with Gasteiger partial charge in [0.1, 0.15) is 11.5 Å². The smallest absolute Gasteiger partial charge is 0.271 e. The molecule has 0 spiro atoms. The van der Waals surface area contributed by atoms with Crippen molar-refractivity contribution < 1.29 is 19.2 Å². The van der Waals surface area contributed by atoms with Crippen LogP contribution in [0.4, 0.5) is 11.4 Å². The van der Waals surface area contributed by atoms with Gasteiger partial charge in [-0.2, -0.15) is 0 Å². The third-order valence-electron chi connectivity index (χ3n) is 3.64. The molecule has 0 bridgehead atoms. The zero-order valence-corrected chi connectivity index (χ0v) is 14.3. The molecule has 2 aromatic rings. The van der Waals surface area contributed by atoms with Gasteiger partial charge in [0, 0.05) is 12.1 Å². The molecule has 0 heterocycles. The zero-order valence-electron chi connectivity index (χ0n) is 14.3. The number of non-ortho nitro benzene ring substituents is 1. The number of aryl methyl sites for hydroxylation is 1. The number of methoxy groups -OCH3 is 1. The molecule has 0 aliphatic heterocycles. The fraction of sp³-hybridized carbons (Fsp3) is 0.278. The fourth-order valence-electron chi connectivity index (χ4n) is 2.24. The van der Waals surface area contributed by atoms with Gasteiger partial charge in [-0.15, -0.1) is 0 Å². The first-order chi connectivity index (χ1) is 11.9. The number of benzene rings is 2. The molecule has 0 saturated heterocycles. The summed E-state index contributed by atoms with van der Waals surface area (Å²) in [5.74, 6) is 0.493. The maximum absolute atomic E-state index is 12.4. The Morgan fingerprint density at radius 2 is 2.04 bits per heavy atom. The second kappa shape index (κ2) is 8.14. The van der Waals surface area contributed by atoms with Crippen LogP contribution in [-0.2, 0) is 11.2 Å². The Kier molecular flexibility index (Phi) is 5.94. The molecule has 1 amide bonds. The van der Waals surface area contributed by atoms with E-state index in [1.165, 1.54) is 25.3 Å². The summed E-state index contributed by atoms with van der Waals surface area (Å²) >= 11 is 0. The molecule has 7 heteroatoms. The quantitative estimate of drug-likeness (QED) is 0.612. The molecule has 25 heavy (non-hydrogen) atoms. The number of hydrogen-bond donors (Lipinski definition) is 1. The Labute approximate surface area is 145 Å². The lowest BCUT2D eigenvalue weighted by atomic mass is 10.2. The molecule has 0 aliphatic rings. The van der Waals surface area contributed by atoms with Crippen LogP contribution in [0.15, 0.2) is 42.5 Å². The molecule has 2 rings (SSSR count). The fourth-order valence-corrected chi connectivity index (χ4v) is 2.24. The lowest BCUT2D eigenvalue weighted by Gasteiger charge is -2.16. The third kappa shape index (κ3) is 4.69. The molecule has 0 saturated carbocycles. The molecule has 1 atom stereocenters. The number of nitro benzene ring substituents is 1. The first-order valence-electron chi connectivity index (χ1n) is 7.83. The molecule has 0 radical (unpaired) electrons. The number of carbonyl (C=O) groups is 1. The molecule has 132 valence electrons. The molecule has 7 nitrogen and oxygen atoms in total. The minimum atomic E-state index is -0.781. The number of anilines is 1. The second-order valence-corrected chi connectivity index (χ2v) is 5.39. The van der Waals surface area contributed by atoms with Crippen LogP contribution in [0.3, 0.4) is 0 Å². The Hall–Kier alpha value is -3.09. The van der Waals surface area contributed by atoms with Crippen LogP contribution in [-0.4, -0.2) is 24.0 Å². The predicted octanol–water partition coefficient (Wildman–Crippen LogP) is 3.57. The van der Waals surface area contributed by atoms with Crippen molar-refractivity contribution >= 4 is 17.3 Å². The van der Waals surface area contributed by atoms with Gasteiger partial charge < -0.3 is 14.8 Å². The summed E-state index contributed by atoms with van der Waals surface area (Å²) in [6.07, 6.45) is 0.0823. The maximum atomic E-state index is 12.4. The summed E-state index contributed by atoms with van der Waals surface area (Å²) in [4.78, 5) is 22.7. The maximum Gasteiger partial charge on any atom is 0.271 e. The van der Waals surface area contributed by atoms with E-state index in [4.69, 9.17) is 9.47 Å². The molecule has 1 N–H and O–H groups in total. The van der Waals surface area contributed by atoms with E-state index in [9.17, 15) is 14.9 Å². The van der Waals surface area contributed by atoms with Gasteiger partial charge >= 0.3 is 0 Å². The lowest BCUT2D eigenvalue weighted by molar-refractivity contribution is -0.384. The molecule has 0 aliphatic carbocycles. The summed E-state index contributed by atoms with van der Waals surface area (Å²) < 4.78 is 10.8. The summed E-state index contributed by atoms with van der Waals surface area (Å²) in [7, 11) is 1.42. The van der Waals surface area contributed by atoms with Crippen LogP contribution in [0.5, 0.6) is 11.5 Å². The van der Waals surface area contributed by atoms with E-state index in [0.717, 1.165) is 12.0 Å². The monoisotopic (exact) mass is 344 g/mol. The number of nitrogens with one attached hydrogen (secondary N) is 1. The Morgan fingerprint density at radius 1 is 1.28 bits per heavy atom. The highest BCUT2D eigenvalue weighted by molar-refractivity contribution is 5.95. The largest absolute Gasteiger partial charge is 0.495 e. The van der Waals surface area contributed by atoms with E-state index in [1.54, 1.807) is 13.0 Å². The number of hydrogen-bond acceptors (Lipinski definition) is 5. The third-order valence-corrected chi connectivity index (χ3v) is 3.64. The van der Waals surface area contributed by atoms with Gasteiger partial charge in [0.15, 0.2) is 6.10 Å². The summed E-state index contributed by atoms with van der Waals surface area (Å²) in [6.45, 7) is 3.64. The molecular formula is C18H20N2O5. The number of carbonyl (C=O) groups excluding carboxylic acids is 1. The van der Waals surface area contributed by atoms with Gasteiger partial charge in [-0.1, -0.05) is 19.1 Å². The van der Waals surface area contributed by atoms with Gasteiger partial charge in [-0.05, 0) is 37.1 Å². The predicted molar refractivity (Wildman–Crippen MR) is 94.2 cm³/mol. The summed E-state index contributed by atoms with van der Waals surface area (Å²) in [5, 5.41) is 13.5. The van der Waals surface area contributed by atoms with Gasteiger partial charge in [-0.3, -0.25) is 14.9 Å². The lowest BCUT2D eigenvalue weighted by Crippen LogP contribution is -2.30. The van der Waals surface area contributed by atoms with Gasteiger partial charge in [-0.25, -0.2) is 0 Å². The van der Waals surface area contributed by atoms with E-state index < -0.39 is 16.9 Å². The molecule has 0 aromatic heterocycles. The van der Waals surface area contributed by atoms with Crippen molar-refractivity contribution in [2.75, 3.05) is 12.4 Å². The molecule has 0 fully saturated rings. The molecule has 2 aromatic carbocycles. The number of amides is 1. The Balaban J connectivity index is 2.12. The molecule has 1 unspecified atom stereocenters. The Morgan fingerprint density at radius 3 is 2.68 bits per heavy atom. The van der Waals surface area contributed by atoms with Crippen molar-refractivity contribution in [1.82, 2.24) is 0 Å². The van der Waals surface area contributed by atoms with Crippen molar-refractivity contribution in [3.05, 3.63) is 58.1 Å². The average Bonchev–Trinajstić information content (AvgIpc) is 2.61. The van der Waals surface area contributed by atoms with Crippen molar-refractivity contribution in [3.63, 3.8) is 0 Å². The average molecular weight is 344 g/mol. The van der Waals surface area contributed by atoms with Crippen molar-refractivity contribution in [2.24, 2.45) is 0 Å². The topological polar surface area (TPSA) is 90.7 Å². The highest BCUT2D eigenvalue weighted by atomic mass is 16.6. The van der Waals surface area contributed by atoms with Crippen LogP contribution in [0.25, 0.3) is 0 Å². The van der Waals surface area contributed by atoms with Gasteiger partial charge in [0.25, 0.3) is 11.6 Å². The minimum Gasteiger partial charge on any atom is -0.495 e. The Bertz CT molecular complexity index is 776. The van der Waals surface area contributed by atoms with Gasteiger partial charge in [0.2, 0.25) is 0 Å². The first-order valence-corrected chi connectivity index (χ1v) is 7.83. The van der Waals surface area contributed by atoms with E-state index in [2.05, 4.69) is 5.32 Å². The first kappa shape index (κ1) is 18.3. The standard InChI is InChI=1S/C18H20N2O5/c1-4-13-6-5-7-15(10-13)25-12(2)18(21)19-16-11-14(20(22)23)8-9-17(16)24-3/h5-12H,4H2,1-3H3,(H,19,21). The van der Waals surface area contributed by atoms with Gasteiger partial charge in [0.05, 0.1) is 17.7 Å². The van der Waals surface area contributed by atoms with Crippen LogP contribution in [0, 0.1) is 10.1 Å². The van der Waals surface area contributed by atoms with Crippen LogP contribution >= 0.6 is 0 Å². The minimum absolute atomic E-state index is 0.139. The van der Waals surface area contributed by atoms with E-state index in [1.807, 2.05) is 25.1 Å². The van der Waals surface area contributed by atoms with Crippen LogP contribution in [0.2, 0.25) is 0 Å². The number of nitrogens with zero attached hydrogens (tertiary/aromatic N) is 1.